The molecule has 0 atom stereocenters. The van der Waals surface area contributed by atoms with Crippen LogP contribution in [0.1, 0.15) is 89.0 Å². The lowest BCUT2D eigenvalue weighted by Gasteiger charge is -2.26. The summed E-state index contributed by atoms with van der Waals surface area (Å²) < 4.78 is 0. The Labute approximate surface area is 647 Å². The summed E-state index contributed by atoms with van der Waals surface area (Å²) in [5.74, 6) is 0. The largest absolute Gasteiger partial charge is 0.311 e. The van der Waals surface area contributed by atoms with Crippen LogP contribution in [0.3, 0.4) is 0 Å². The Morgan fingerprint density at radius 1 is 0.227 bits per heavy atom. The van der Waals surface area contributed by atoms with Crippen molar-refractivity contribution in [3.05, 3.63) is 439 Å². The molecule has 528 valence electrons. The Morgan fingerprint density at radius 3 is 0.600 bits per heavy atom. The van der Waals surface area contributed by atoms with E-state index in [4.69, 9.17) is 13.1 Å². The Bertz CT molecular complexity index is 5340. The average molecular weight is 1420 g/mol. The third kappa shape index (κ3) is 18.1. The minimum Gasteiger partial charge on any atom is -0.311 e. The lowest BCUT2D eigenvalue weighted by Crippen LogP contribution is -2.09. The van der Waals surface area contributed by atoms with Crippen LogP contribution in [0.4, 0.5) is 79.6 Å². The van der Waals surface area contributed by atoms with Gasteiger partial charge in [0.15, 0.2) is 11.4 Å². The molecule has 0 radical (unpaired) electrons. The average Bonchev–Trinajstić information content (AvgIpc) is 0.820. The van der Waals surface area contributed by atoms with Gasteiger partial charge in [-0.3, -0.25) is 0 Å². The van der Waals surface area contributed by atoms with Crippen molar-refractivity contribution in [1.29, 1.82) is 10.5 Å². The van der Waals surface area contributed by atoms with Crippen molar-refractivity contribution in [3.63, 3.8) is 0 Å². The van der Waals surface area contributed by atoms with Crippen molar-refractivity contribution >= 4 is 128 Å². The first-order valence-corrected chi connectivity index (χ1v) is 36.5. The zero-order valence-electron chi connectivity index (χ0n) is 62.4. The molecule has 0 saturated carbocycles. The first-order chi connectivity index (χ1) is 53.8. The summed E-state index contributed by atoms with van der Waals surface area (Å²) in [6.45, 7) is 28.5. The molecule has 14 rings (SSSR count). The minimum absolute atomic E-state index is 0.489. The molecule has 0 unspecified atom stereocenters. The fraction of sp³-hybridized carbons (Fsp3) is 0.0588. The van der Waals surface area contributed by atoms with E-state index in [0.29, 0.717) is 44.8 Å². The van der Waals surface area contributed by atoms with Crippen LogP contribution in [0.2, 0.25) is 0 Å². The van der Waals surface area contributed by atoms with Crippen LogP contribution in [0, 0.1) is 77.3 Å². The minimum atomic E-state index is 0.489. The molecule has 14 aromatic rings. The summed E-state index contributed by atoms with van der Waals surface area (Å²) in [7, 11) is 0. The van der Waals surface area contributed by atoms with Crippen molar-refractivity contribution in [3.8, 4) is 12.1 Å². The molecule has 0 N–H and O–H groups in total. The lowest BCUT2D eigenvalue weighted by atomic mass is 10.0. The van der Waals surface area contributed by atoms with E-state index in [-0.39, 0.29) is 0 Å². The van der Waals surface area contributed by atoms with E-state index in [0.717, 1.165) is 90.5 Å². The topological polar surface area (TPSA) is 69.3 Å². The van der Waals surface area contributed by atoms with Crippen LogP contribution >= 0.6 is 0 Å². The van der Waals surface area contributed by atoms with Gasteiger partial charge in [-0.15, -0.1) is 0 Å². The molecule has 0 amide bonds. The quantitative estimate of drug-likeness (QED) is 0.0559. The smallest absolute Gasteiger partial charge is 0.194 e. The van der Waals surface area contributed by atoms with Gasteiger partial charge in [0.05, 0.1) is 36.4 Å². The van der Waals surface area contributed by atoms with Gasteiger partial charge in [-0.25, -0.2) is 9.69 Å². The number of hydrogen-bond acceptors (Lipinski definition) is 6. The van der Waals surface area contributed by atoms with E-state index < -0.39 is 0 Å². The number of nitriles is 2. The molecule has 0 saturated heterocycles. The molecule has 8 heteroatoms. The first-order valence-electron chi connectivity index (χ1n) is 36.5. The van der Waals surface area contributed by atoms with Gasteiger partial charge in [-0.1, -0.05) is 240 Å². The molecule has 0 spiro atoms. The number of rotatable bonds is 20. The number of nitrogens with zero attached hydrogens (tertiary/aromatic N) is 8. The number of aryl methyl sites for hydroxylation is 6. The Hall–Kier alpha value is -14.8. The van der Waals surface area contributed by atoms with Crippen LogP contribution in [0.15, 0.2) is 328 Å². The van der Waals surface area contributed by atoms with Crippen LogP contribution in [0.25, 0.3) is 58.3 Å². The van der Waals surface area contributed by atoms with Gasteiger partial charge in [0.2, 0.25) is 0 Å². The van der Waals surface area contributed by atoms with Gasteiger partial charge in [-0.05, 0) is 256 Å². The molecule has 0 aliphatic carbocycles. The van der Waals surface area contributed by atoms with Crippen molar-refractivity contribution in [2.75, 3.05) is 19.6 Å². The summed E-state index contributed by atoms with van der Waals surface area (Å²) >= 11 is 0. The lowest BCUT2D eigenvalue weighted by molar-refractivity contribution is 1.27. The van der Waals surface area contributed by atoms with Gasteiger partial charge in [0.25, 0.3) is 0 Å². The molecule has 8 nitrogen and oxygen atoms in total. The van der Waals surface area contributed by atoms with Gasteiger partial charge in [0.1, 0.15) is 0 Å². The summed E-state index contributed by atoms with van der Waals surface area (Å²) in [6.07, 6.45) is 15.6. The van der Waals surface area contributed by atoms with E-state index in [1.165, 1.54) is 33.4 Å². The highest BCUT2D eigenvalue weighted by molar-refractivity contribution is 5.88. The summed E-state index contributed by atoms with van der Waals surface area (Å²) in [4.78, 5) is 16.6. The predicted molar refractivity (Wildman–Crippen MR) is 463 cm³/mol. The van der Waals surface area contributed by atoms with E-state index in [1.54, 1.807) is 24.3 Å². The van der Waals surface area contributed by atoms with Gasteiger partial charge < -0.3 is 19.6 Å². The molecule has 0 aromatic heterocycles. The molecule has 0 fully saturated rings. The molecule has 0 aliphatic rings. The SMILES string of the molecule is [C-]#[N+]c1cc(/C=C\c2ccc(N(c3ccc(C)cc3)c3ccc(C)cc3)cc2)c(C#N)cc1/C=C\c1ccc(N(c2ccc(C)cc2)c2ccc(C)cc2)cc1.[C-]#[N+]c1cc(/C=C\c2ccc(N(c3ccccc3)c3ccc(C)cc3)cc2)c(C#N)cc1/C=C\c1ccc(N(c2ccccc2)c2ccc(C)cc2)cc1. The van der Waals surface area contributed by atoms with Crippen molar-refractivity contribution in [1.82, 2.24) is 0 Å². The summed E-state index contributed by atoms with van der Waals surface area (Å²) in [6, 6.07) is 117. The second-order valence-corrected chi connectivity index (χ2v) is 27.2. The fourth-order valence-corrected chi connectivity index (χ4v) is 13.0. The third-order valence-corrected chi connectivity index (χ3v) is 19.1. The summed E-state index contributed by atoms with van der Waals surface area (Å²) in [5.41, 5.74) is 28.9. The highest BCUT2D eigenvalue weighted by Crippen LogP contribution is 2.41. The van der Waals surface area contributed by atoms with Crippen molar-refractivity contribution in [2.45, 2.75) is 41.5 Å². The highest BCUT2D eigenvalue weighted by atomic mass is 15.2. The number of hydrogen-bond donors (Lipinski definition) is 0. The van der Waals surface area contributed by atoms with Crippen LogP contribution < -0.4 is 19.6 Å². The van der Waals surface area contributed by atoms with Crippen LogP contribution in [0.5, 0.6) is 0 Å². The van der Waals surface area contributed by atoms with Crippen molar-refractivity contribution < 1.29 is 0 Å². The molecule has 0 bridgehead atoms. The maximum absolute atomic E-state index is 10.1. The highest BCUT2D eigenvalue weighted by Gasteiger charge is 2.18. The maximum Gasteiger partial charge on any atom is 0.194 e. The Morgan fingerprint density at radius 2 is 0.409 bits per heavy atom. The molecule has 0 aliphatic heterocycles. The predicted octanol–water partition coefficient (Wildman–Crippen LogP) is 28.6. The Balaban J connectivity index is 0.000000193. The number of benzene rings is 14. The standard InChI is InChI=1S/C52H42N4.C50H38N4/c1-37-6-22-46(23-7-37)55(47-24-8-38(2)9-25-47)50-30-16-41(17-31-50)14-20-43-35-52(54-5)44(34-45(43)36-53)21-15-42-18-32-51(33-19-42)56(48-26-10-39(3)11-27-48)49-28-12-40(4)13-29-49;1-37-14-26-46(27-15-37)53(44-10-6-4-7-11-44)48-30-20-39(21-31-48)18-24-41-35-50(52-3)42(34-43(41)36-51)25-19-40-22-32-49(33-23-40)54(45-12-8-5-9-13-45)47-28-16-38(2)17-29-47/h6-35H,1-4H3;4-35H,1-2H3/b20-14-,21-15-;24-18-,25-19-. The Kier molecular flexibility index (Phi) is 23.3. The number of para-hydroxylation sites is 2. The molecular formula is C102H80N8. The van der Waals surface area contributed by atoms with E-state index in [2.05, 4.69) is 350 Å². The summed E-state index contributed by atoms with van der Waals surface area (Å²) in [5, 5.41) is 20.3. The van der Waals surface area contributed by atoms with Gasteiger partial charge in [0, 0.05) is 68.2 Å². The second kappa shape index (κ2) is 34.9. The normalized spacial score (nSPS) is 11.0. The van der Waals surface area contributed by atoms with E-state index in [1.807, 2.05) is 85.0 Å². The molecule has 14 aromatic carbocycles. The monoisotopic (exact) mass is 1420 g/mol. The fourth-order valence-electron chi connectivity index (χ4n) is 13.0. The van der Waals surface area contributed by atoms with E-state index in [9.17, 15) is 10.5 Å². The zero-order valence-corrected chi connectivity index (χ0v) is 62.4. The molecule has 0 heterocycles. The molecular weight excluding hydrogens is 1340 g/mol. The van der Waals surface area contributed by atoms with Gasteiger partial charge >= 0.3 is 0 Å². The molecule has 110 heavy (non-hydrogen) atoms. The zero-order chi connectivity index (χ0) is 76.3. The van der Waals surface area contributed by atoms with E-state index >= 15 is 0 Å². The first kappa shape index (κ1) is 73.5. The van der Waals surface area contributed by atoms with Gasteiger partial charge in [-0.2, -0.15) is 10.5 Å². The maximum atomic E-state index is 10.1. The van der Waals surface area contributed by atoms with Crippen LogP contribution in [-0.4, -0.2) is 0 Å². The second-order valence-electron chi connectivity index (χ2n) is 27.2. The van der Waals surface area contributed by atoms with Crippen LogP contribution in [-0.2, 0) is 0 Å². The van der Waals surface area contributed by atoms with Crippen molar-refractivity contribution in [2.24, 2.45) is 0 Å². The third-order valence-electron chi connectivity index (χ3n) is 19.1. The number of anilines is 12.